The van der Waals surface area contributed by atoms with Crippen molar-refractivity contribution in [1.82, 2.24) is 4.98 Å². The molecule has 0 bridgehead atoms. The van der Waals surface area contributed by atoms with Crippen LogP contribution in [0.4, 0.5) is 5.00 Å². The normalized spacial score (nSPS) is 11.2. The monoisotopic (exact) mass is 526 g/mol. The largest absolute Gasteiger partial charge is 0.459 e. The predicted molar refractivity (Wildman–Crippen MR) is 144 cm³/mol. The quantitative estimate of drug-likeness (QED) is 0.258. The van der Waals surface area contributed by atoms with Crippen LogP contribution in [0, 0.1) is 6.92 Å². The Kier molecular flexibility index (Phi) is 7.45. The molecule has 0 spiro atoms. The van der Waals surface area contributed by atoms with Crippen molar-refractivity contribution in [1.29, 1.82) is 0 Å². The number of hydrogen-bond donors (Lipinski definition) is 1. The van der Waals surface area contributed by atoms with Gasteiger partial charge < -0.3 is 10.1 Å². The summed E-state index contributed by atoms with van der Waals surface area (Å²) in [6.07, 6.45) is 0.379. The van der Waals surface area contributed by atoms with Gasteiger partial charge in [-0.3, -0.25) is 4.79 Å². The van der Waals surface area contributed by atoms with Gasteiger partial charge in [-0.25, -0.2) is 9.78 Å². The van der Waals surface area contributed by atoms with E-state index >= 15 is 0 Å². The second kappa shape index (κ2) is 10.4. The van der Waals surface area contributed by atoms with Gasteiger partial charge in [-0.1, -0.05) is 48.3 Å². The number of aryl methyl sites for hydroxylation is 1. The number of ether oxygens (including phenoxy) is 1. The van der Waals surface area contributed by atoms with Crippen molar-refractivity contribution >= 4 is 62.3 Å². The van der Waals surface area contributed by atoms with Gasteiger partial charge in [-0.2, -0.15) is 0 Å². The van der Waals surface area contributed by atoms with Gasteiger partial charge in [0.15, 0.2) is 0 Å². The highest BCUT2D eigenvalue weighted by atomic mass is 35.5. The summed E-state index contributed by atoms with van der Waals surface area (Å²) in [5.74, 6) is -0.790. The standard InChI is InChI=1S/C27H24Cl2N2O3S/c1-5-17-15(4)35-26(24(17)27(33)34-14(2)3)31-25(32)20-13-23(19-11-10-16(28)12-21(19)29)30-22-9-7-6-8-18(20)22/h6-14H,5H2,1-4H3,(H,31,32). The average Bonchev–Trinajstić information content (AvgIpc) is 3.12. The van der Waals surface area contributed by atoms with Crippen LogP contribution in [0.15, 0.2) is 48.5 Å². The molecule has 0 aliphatic heterocycles. The van der Waals surface area contributed by atoms with Crippen LogP contribution in [-0.4, -0.2) is 23.0 Å². The first-order valence-corrected chi connectivity index (χ1v) is 12.8. The molecular weight excluding hydrogens is 503 g/mol. The molecule has 0 atom stereocenters. The van der Waals surface area contributed by atoms with E-state index in [2.05, 4.69) is 5.32 Å². The van der Waals surface area contributed by atoms with Crippen molar-refractivity contribution < 1.29 is 14.3 Å². The van der Waals surface area contributed by atoms with E-state index in [4.69, 9.17) is 32.9 Å². The van der Waals surface area contributed by atoms with Crippen molar-refractivity contribution in [3.8, 4) is 11.3 Å². The molecule has 0 saturated carbocycles. The summed E-state index contributed by atoms with van der Waals surface area (Å²) in [6, 6.07) is 14.3. The zero-order valence-corrected chi connectivity index (χ0v) is 22.1. The van der Waals surface area contributed by atoms with Crippen molar-refractivity contribution in [2.24, 2.45) is 0 Å². The molecule has 4 rings (SSSR count). The van der Waals surface area contributed by atoms with Crippen LogP contribution in [0.3, 0.4) is 0 Å². The molecule has 0 unspecified atom stereocenters. The number of fused-ring (bicyclic) bond motifs is 1. The fourth-order valence-corrected chi connectivity index (χ4v) is 5.58. The van der Waals surface area contributed by atoms with Crippen molar-refractivity contribution in [3.63, 3.8) is 0 Å². The molecule has 2 heterocycles. The third kappa shape index (κ3) is 5.20. The molecule has 4 aromatic rings. The van der Waals surface area contributed by atoms with Gasteiger partial charge in [-0.05, 0) is 63.1 Å². The minimum atomic E-state index is -0.440. The molecule has 0 radical (unpaired) electrons. The summed E-state index contributed by atoms with van der Waals surface area (Å²) < 4.78 is 5.47. The Labute approximate surface area is 218 Å². The number of amides is 1. The Bertz CT molecular complexity index is 1450. The first-order valence-electron chi connectivity index (χ1n) is 11.2. The highest BCUT2D eigenvalue weighted by molar-refractivity contribution is 7.16. The highest BCUT2D eigenvalue weighted by Gasteiger charge is 2.25. The van der Waals surface area contributed by atoms with Crippen LogP contribution in [0.2, 0.25) is 10.0 Å². The maximum atomic E-state index is 13.6. The van der Waals surface area contributed by atoms with Crippen LogP contribution >= 0.6 is 34.5 Å². The van der Waals surface area contributed by atoms with Crippen LogP contribution < -0.4 is 5.32 Å². The molecule has 1 N–H and O–H groups in total. The molecule has 0 fully saturated rings. The topological polar surface area (TPSA) is 68.3 Å². The number of pyridine rings is 1. The summed E-state index contributed by atoms with van der Waals surface area (Å²) in [7, 11) is 0. The smallest absolute Gasteiger partial charge is 0.341 e. The van der Waals surface area contributed by atoms with E-state index in [0.717, 1.165) is 10.4 Å². The zero-order chi connectivity index (χ0) is 25.3. The number of para-hydroxylation sites is 1. The number of halogens is 2. The van der Waals surface area contributed by atoms with Crippen molar-refractivity contribution in [3.05, 3.63) is 80.1 Å². The first kappa shape index (κ1) is 25.2. The van der Waals surface area contributed by atoms with Gasteiger partial charge >= 0.3 is 5.97 Å². The number of carbonyl (C=O) groups is 2. The molecule has 2 aromatic heterocycles. The average molecular weight is 527 g/mol. The lowest BCUT2D eigenvalue weighted by atomic mass is 10.0. The fourth-order valence-electron chi connectivity index (χ4n) is 3.95. The SMILES string of the molecule is CCc1c(C)sc(NC(=O)c2cc(-c3ccc(Cl)cc3Cl)nc3ccccc23)c1C(=O)OC(C)C. The molecule has 0 aliphatic carbocycles. The van der Waals surface area contributed by atoms with Crippen LogP contribution in [0.5, 0.6) is 0 Å². The number of thiophene rings is 1. The number of carbonyl (C=O) groups excluding carboxylic acids is 2. The second-order valence-electron chi connectivity index (χ2n) is 8.30. The van der Waals surface area contributed by atoms with E-state index < -0.39 is 5.97 Å². The highest BCUT2D eigenvalue weighted by Crippen LogP contribution is 2.36. The Morgan fingerprint density at radius 1 is 1.11 bits per heavy atom. The third-order valence-electron chi connectivity index (χ3n) is 5.50. The Morgan fingerprint density at radius 2 is 1.86 bits per heavy atom. The lowest BCUT2D eigenvalue weighted by Crippen LogP contribution is -2.17. The summed E-state index contributed by atoms with van der Waals surface area (Å²) >= 11 is 13.9. The number of nitrogens with one attached hydrogen (secondary N) is 1. The van der Waals surface area contributed by atoms with Gasteiger partial charge in [-0.15, -0.1) is 11.3 Å². The number of aromatic nitrogens is 1. The Hall–Kier alpha value is -2.93. The van der Waals surface area contributed by atoms with Gasteiger partial charge in [0.1, 0.15) is 5.00 Å². The molecule has 5 nitrogen and oxygen atoms in total. The molecule has 35 heavy (non-hydrogen) atoms. The van der Waals surface area contributed by atoms with Crippen molar-refractivity contribution in [2.45, 2.75) is 40.2 Å². The first-order chi connectivity index (χ1) is 16.7. The second-order valence-corrected chi connectivity index (χ2v) is 10.4. The maximum absolute atomic E-state index is 13.6. The lowest BCUT2D eigenvalue weighted by Gasteiger charge is -2.13. The Balaban J connectivity index is 1.81. The number of rotatable bonds is 6. The van der Waals surface area contributed by atoms with Crippen LogP contribution in [0.25, 0.3) is 22.2 Å². The van der Waals surface area contributed by atoms with E-state index in [9.17, 15) is 9.59 Å². The minimum absolute atomic E-state index is 0.271. The van der Waals surface area contributed by atoms with Gasteiger partial charge in [0.05, 0.1) is 33.5 Å². The van der Waals surface area contributed by atoms with E-state index in [1.807, 2.05) is 38.1 Å². The molecule has 0 saturated heterocycles. The van der Waals surface area contributed by atoms with Gasteiger partial charge in [0.2, 0.25) is 0 Å². The number of nitrogens with zero attached hydrogens (tertiary/aromatic N) is 1. The Morgan fingerprint density at radius 3 is 2.54 bits per heavy atom. The summed E-state index contributed by atoms with van der Waals surface area (Å²) in [5, 5.41) is 5.08. The molecule has 1 amide bonds. The van der Waals surface area contributed by atoms with E-state index in [1.165, 1.54) is 11.3 Å². The number of anilines is 1. The van der Waals surface area contributed by atoms with Gasteiger partial charge in [0, 0.05) is 20.8 Å². The summed E-state index contributed by atoms with van der Waals surface area (Å²) in [6.45, 7) is 7.51. The van der Waals surface area contributed by atoms with Crippen molar-refractivity contribution in [2.75, 3.05) is 5.32 Å². The number of esters is 1. The van der Waals surface area contributed by atoms with Gasteiger partial charge in [0.25, 0.3) is 5.91 Å². The molecular formula is C27H24Cl2N2O3S. The summed E-state index contributed by atoms with van der Waals surface area (Å²) in [4.78, 5) is 32.2. The molecule has 180 valence electrons. The fraction of sp³-hybridized carbons (Fsp3) is 0.222. The molecule has 0 aliphatic rings. The van der Waals surface area contributed by atoms with E-state index in [1.54, 1.807) is 38.1 Å². The minimum Gasteiger partial charge on any atom is -0.459 e. The van der Waals surface area contributed by atoms with Crippen LogP contribution in [-0.2, 0) is 11.2 Å². The number of hydrogen-bond acceptors (Lipinski definition) is 5. The van der Waals surface area contributed by atoms with Crippen LogP contribution in [0.1, 0.15) is 51.9 Å². The zero-order valence-electron chi connectivity index (χ0n) is 19.7. The number of benzene rings is 2. The summed E-state index contributed by atoms with van der Waals surface area (Å²) in [5.41, 5.74) is 3.57. The predicted octanol–water partition coefficient (Wildman–Crippen LogP) is 7.96. The van der Waals surface area contributed by atoms with E-state index in [0.29, 0.717) is 54.8 Å². The maximum Gasteiger partial charge on any atom is 0.341 e. The third-order valence-corrected chi connectivity index (χ3v) is 7.12. The molecule has 8 heteroatoms. The molecule has 2 aromatic carbocycles. The van der Waals surface area contributed by atoms with E-state index in [-0.39, 0.29) is 12.0 Å². The lowest BCUT2D eigenvalue weighted by molar-refractivity contribution is 0.0378.